The number of ether oxygens (including phenoxy) is 1. The van der Waals surface area contributed by atoms with Crippen LogP contribution in [0.2, 0.25) is 0 Å². The van der Waals surface area contributed by atoms with Crippen LogP contribution in [0.25, 0.3) is 0 Å². The summed E-state index contributed by atoms with van der Waals surface area (Å²) in [5.74, 6) is 0.961. The van der Waals surface area contributed by atoms with Gasteiger partial charge in [0.2, 0.25) is 0 Å². The van der Waals surface area contributed by atoms with Crippen molar-refractivity contribution >= 4 is 15.9 Å². The van der Waals surface area contributed by atoms with Crippen LogP contribution in [-0.4, -0.2) is 17.3 Å². The van der Waals surface area contributed by atoms with E-state index in [2.05, 4.69) is 15.9 Å². The molecule has 0 aliphatic carbocycles. The maximum absolute atomic E-state index is 9.68. The summed E-state index contributed by atoms with van der Waals surface area (Å²) in [7, 11) is 1.55. The summed E-state index contributed by atoms with van der Waals surface area (Å²) in [5.41, 5.74) is 2.37. The fraction of sp³-hybridized carbons (Fsp3) is 0.294. The summed E-state index contributed by atoms with van der Waals surface area (Å²) in [4.78, 5) is 0. The van der Waals surface area contributed by atoms with Gasteiger partial charge in [-0.15, -0.1) is 0 Å². The lowest BCUT2D eigenvalue weighted by Gasteiger charge is -2.09. The van der Waals surface area contributed by atoms with E-state index in [0.29, 0.717) is 11.5 Å². The quantitative estimate of drug-likeness (QED) is 0.757. The number of rotatable bonds is 6. The molecule has 0 radical (unpaired) electrons. The second kappa shape index (κ2) is 7.36. The highest BCUT2D eigenvalue weighted by Crippen LogP contribution is 2.33. The molecule has 0 saturated heterocycles. The molecule has 2 aromatic carbocycles. The topological polar surface area (TPSA) is 49.7 Å². The Morgan fingerprint density at radius 3 is 2.33 bits per heavy atom. The summed E-state index contributed by atoms with van der Waals surface area (Å²) >= 11 is 3.47. The second-order valence-corrected chi connectivity index (χ2v) is 5.84. The first-order valence-electron chi connectivity index (χ1n) is 6.93. The predicted molar refractivity (Wildman–Crippen MR) is 87.1 cm³/mol. The van der Waals surface area contributed by atoms with E-state index in [1.54, 1.807) is 25.3 Å². The van der Waals surface area contributed by atoms with Crippen LogP contribution in [0.3, 0.4) is 0 Å². The van der Waals surface area contributed by atoms with Gasteiger partial charge in [-0.05, 0) is 61.1 Å². The first kappa shape index (κ1) is 15.7. The predicted octanol–water partition coefficient (Wildman–Crippen LogP) is 4.43. The van der Waals surface area contributed by atoms with Crippen LogP contribution in [0.15, 0.2) is 40.9 Å². The number of hydrogen-bond acceptors (Lipinski definition) is 3. The van der Waals surface area contributed by atoms with E-state index in [4.69, 9.17) is 4.74 Å². The van der Waals surface area contributed by atoms with Crippen molar-refractivity contribution in [3.05, 3.63) is 52.0 Å². The number of phenolic OH excluding ortho intramolecular Hbond substituents is 2. The van der Waals surface area contributed by atoms with Crippen LogP contribution in [0.4, 0.5) is 0 Å². The molecule has 0 bridgehead atoms. The van der Waals surface area contributed by atoms with E-state index in [0.717, 1.165) is 35.7 Å². The molecule has 2 aromatic rings. The maximum atomic E-state index is 9.68. The van der Waals surface area contributed by atoms with Gasteiger partial charge in [-0.2, -0.15) is 0 Å². The molecule has 0 atom stereocenters. The van der Waals surface area contributed by atoms with Gasteiger partial charge in [0.15, 0.2) is 11.5 Å². The van der Waals surface area contributed by atoms with Crippen LogP contribution >= 0.6 is 15.9 Å². The molecule has 0 unspecified atom stereocenters. The van der Waals surface area contributed by atoms with Crippen LogP contribution in [0.5, 0.6) is 17.2 Å². The first-order valence-corrected chi connectivity index (χ1v) is 7.72. The van der Waals surface area contributed by atoms with Crippen molar-refractivity contribution in [3.63, 3.8) is 0 Å². The van der Waals surface area contributed by atoms with E-state index >= 15 is 0 Å². The van der Waals surface area contributed by atoms with Gasteiger partial charge in [-0.3, -0.25) is 0 Å². The fourth-order valence-corrected chi connectivity index (χ4v) is 2.78. The smallest absolute Gasteiger partial charge is 0.160 e. The Morgan fingerprint density at radius 1 is 1.00 bits per heavy atom. The van der Waals surface area contributed by atoms with E-state index < -0.39 is 0 Å². The lowest BCUT2D eigenvalue weighted by molar-refractivity contribution is 0.372. The van der Waals surface area contributed by atoms with Crippen molar-refractivity contribution in [3.8, 4) is 17.2 Å². The van der Waals surface area contributed by atoms with Crippen molar-refractivity contribution in [2.45, 2.75) is 25.7 Å². The highest BCUT2D eigenvalue weighted by atomic mass is 79.9. The number of benzene rings is 2. The van der Waals surface area contributed by atoms with Gasteiger partial charge in [0.1, 0.15) is 5.75 Å². The summed E-state index contributed by atoms with van der Waals surface area (Å²) in [5, 5.41) is 18.9. The van der Waals surface area contributed by atoms with E-state index in [9.17, 15) is 10.2 Å². The van der Waals surface area contributed by atoms with Crippen LogP contribution < -0.4 is 4.74 Å². The highest BCUT2D eigenvalue weighted by Gasteiger charge is 2.07. The largest absolute Gasteiger partial charge is 0.508 e. The maximum Gasteiger partial charge on any atom is 0.160 e. The zero-order valence-electron chi connectivity index (χ0n) is 12.0. The van der Waals surface area contributed by atoms with Gasteiger partial charge in [0, 0.05) is 4.47 Å². The molecule has 21 heavy (non-hydrogen) atoms. The number of aromatic hydroxyl groups is 2. The van der Waals surface area contributed by atoms with E-state index in [1.807, 2.05) is 18.2 Å². The van der Waals surface area contributed by atoms with E-state index in [-0.39, 0.29) is 5.75 Å². The molecule has 0 fully saturated rings. The molecule has 0 aliphatic heterocycles. The third-order valence-corrected chi connectivity index (χ3v) is 4.18. The zero-order chi connectivity index (χ0) is 15.2. The summed E-state index contributed by atoms with van der Waals surface area (Å²) in [6.45, 7) is 0. The number of aryl methyl sites for hydroxylation is 2. The van der Waals surface area contributed by atoms with Crippen LogP contribution in [-0.2, 0) is 12.8 Å². The Hall–Kier alpha value is -1.68. The summed E-state index contributed by atoms with van der Waals surface area (Å²) in [6.07, 6.45) is 4.04. The third kappa shape index (κ3) is 4.39. The average Bonchev–Trinajstić information content (AvgIpc) is 2.47. The highest BCUT2D eigenvalue weighted by molar-refractivity contribution is 9.10. The van der Waals surface area contributed by atoms with Gasteiger partial charge >= 0.3 is 0 Å². The average molecular weight is 351 g/mol. The van der Waals surface area contributed by atoms with Crippen molar-refractivity contribution < 1.29 is 14.9 Å². The normalized spacial score (nSPS) is 10.6. The van der Waals surface area contributed by atoms with Crippen molar-refractivity contribution in [1.29, 1.82) is 0 Å². The van der Waals surface area contributed by atoms with Crippen molar-refractivity contribution in [2.75, 3.05) is 7.11 Å². The number of halogens is 1. The number of unbranched alkanes of at least 4 members (excludes halogenated alkanes) is 1. The first-order chi connectivity index (χ1) is 10.1. The number of methoxy groups -OCH3 is 1. The third-order valence-electron chi connectivity index (χ3n) is 3.45. The minimum atomic E-state index is 0.150. The fourth-order valence-electron chi connectivity index (χ4n) is 2.25. The Bertz CT molecular complexity index is 594. The lowest BCUT2D eigenvalue weighted by atomic mass is 10.0. The van der Waals surface area contributed by atoms with Gasteiger partial charge < -0.3 is 14.9 Å². The van der Waals surface area contributed by atoms with E-state index in [1.165, 1.54) is 5.56 Å². The molecule has 2 rings (SSSR count). The summed E-state index contributed by atoms with van der Waals surface area (Å²) in [6, 6.07) is 10.9. The standard InChI is InChI=1S/C17H19BrO3/c1-21-17-10-13(15(18)11-16(17)20)5-3-2-4-12-6-8-14(19)9-7-12/h6-11,19-20H,2-5H2,1H3. The minimum Gasteiger partial charge on any atom is -0.508 e. The SMILES string of the molecule is COc1cc(CCCCc2ccc(O)cc2)c(Br)cc1O. The zero-order valence-corrected chi connectivity index (χ0v) is 13.6. The Morgan fingerprint density at radius 2 is 1.67 bits per heavy atom. The molecule has 112 valence electrons. The van der Waals surface area contributed by atoms with Crippen LogP contribution in [0, 0.1) is 0 Å². The molecule has 0 saturated carbocycles. The van der Waals surface area contributed by atoms with Gasteiger partial charge in [0.25, 0.3) is 0 Å². The molecular formula is C17H19BrO3. The Balaban J connectivity index is 1.87. The number of phenols is 2. The van der Waals surface area contributed by atoms with Gasteiger partial charge in [-0.25, -0.2) is 0 Å². The molecule has 4 heteroatoms. The Labute approximate surface area is 133 Å². The molecule has 0 amide bonds. The molecular weight excluding hydrogens is 332 g/mol. The van der Waals surface area contributed by atoms with Crippen molar-refractivity contribution in [2.24, 2.45) is 0 Å². The molecule has 3 nitrogen and oxygen atoms in total. The lowest BCUT2D eigenvalue weighted by Crippen LogP contribution is -1.93. The molecule has 0 aromatic heterocycles. The Kier molecular flexibility index (Phi) is 5.51. The molecule has 0 heterocycles. The molecule has 0 aliphatic rings. The van der Waals surface area contributed by atoms with Crippen molar-refractivity contribution in [1.82, 2.24) is 0 Å². The molecule has 2 N–H and O–H groups in total. The summed E-state index contributed by atoms with van der Waals surface area (Å²) < 4.78 is 6.04. The second-order valence-electron chi connectivity index (χ2n) is 4.99. The van der Waals surface area contributed by atoms with Crippen LogP contribution in [0.1, 0.15) is 24.0 Å². The minimum absolute atomic E-state index is 0.150. The molecule has 0 spiro atoms. The monoisotopic (exact) mass is 350 g/mol. The van der Waals surface area contributed by atoms with Gasteiger partial charge in [-0.1, -0.05) is 28.1 Å². The van der Waals surface area contributed by atoms with Gasteiger partial charge in [0.05, 0.1) is 7.11 Å². The number of hydrogen-bond donors (Lipinski definition) is 2.